The average Bonchev–Trinajstić information content (AvgIpc) is 2.43. The topological polar surface area (TPSA) is 46.2 Å². The predicted octanol–water partition coefficient (Wildman–Crippen LogP) is 3.64. The van der Waals surface area contributed by atoms with Gasteiger partial charge in [-0.25, -0.2) is 0 Å². The molecule has 1 unspecified atom stereocenters. The molecular formula is C18H23NO2. The van der Waals surface area contributed by atoms with Crippen molar-refractivity contribution in [2.75, 3.05) is 5.32 Å². The van der Waals surface area contributed by atoms with Gasteiger partial charge in [-0.3, -0.25) is 9.59 Å². The summed E-state index contributed by atoms with van der Waals surface area (Å²) in [6, 6.07) is 5.97. The van der Waals surface area contributed by atoms with Crippen LogP contribution in [0.5, 0.6) is 0 Å². The van der Waals surface area contributed by atoms with Crippen LogP contribution in [0.1, 0.15) is 43.2 Å². The summed E-state index contributed by atoms with van der Waals surface area (Å²) >= 11 is 0. The van der Waals surface area contributed by atoms with Gasteiger partial charge in [-0.1, -0.05) is 18.6 Å². The molecule has 1 N–H and O–H groups in total. The fourth-order valence-electron chi connectivity index (χ4n) is 3.82. The fraction of sp³-hybridized carbons (Fsp3) is 0.556. The lowest BCUT2D eigenvalue weighted by molar-refractivity contribution is -0.136. The summed E-state index contributed by atoms with van der Waals surface area (Å²) < 4.78 is 0. The molecule has 3 atom stereocenters. The number of rotatable bonds is 2. The van der Waals surface area contributed by atoms with Crippen LogP contribution in [0.25, 0.3) is 0 Å². The summed E-state index contributed by atoms with van der Waals surface area (Å²) in [5.74, 6) is 0.766. The van der Waals surface area contributed by atoms with E-state index in [2.05, 4.69) is 18.3 Å². The van der Waals surface area contributed by atoms with Crippen LogP contribution in [0.3, 0.4) is 0 Å². The van der Waals surface area contributed by atoms with E-state index < -0.39 is 0 Å². The van der Waals surface area contributed by atoms with E-state index in [1.165, 1.54) is 5.56 Å². The number of carbonyl (C=O) groups excluding carboxylic acids is 2. The molecule has 21 heavy (non-hydrogen) atoms. The first kappa shape index (κ1) is 14.3. The Morgan fingerprint density at radius 3 is 2.48 bits per heavy atom. The molecule has 0 radical (unpaired) electrons. The zero-order valence-corrected chi connectivity index (χ0v) is 12.8. The van der Waals surface area contributed by atoms with Crippen molar-refractivity contribution in [1.29, 1.82) is 0 Å². The Labute approximate surface area is 126 Å². The minimum Gasteiger partial charge on any atom is -0.326 e. The number of Topliss-reactive ketones (excluding diaryl/α,β-unsaturated/α-hetero) is 1. The molecule has 0 spiro atoms. The first-order chi connectivity index (χ1) is 10.1. The second kappa shape index (κ2) is 5.63. The van der Waals surface area contributed by atoms with Gasteiger partial charge in [0.15, 0.2) is 0 Å². The molecule has 0 heterocycles. The molecule has 0 aromatic heterocycles. The summed E-state index contributed by atoms with van der Waals surface area (Å²) in [4.78, 5) is 24.6. The molecule has 2 saturated carbocycles. The van der Waals surface area contributed by atoms with Crippen molar-refractivity contribution in [3.05, 3.63) is 29.3 Å². The molecule has 112 valence electrons. The second-order valence-corrected chi connectivity index (χ2v) is 6.63. The third kappa shape index (κ3) is 2.74. The molecule has 0 aliphatic heterocycles. The molecule has 1 amide bonds. The highest BCUT2D eigenvalue weighted by molar-refractivity contribution is 5.95. The van der Waals surface area contributed by atoms with Crippen molar-refractivity contribution in [3.8, 4) is 0 Å². The summed E-state index contributed by atoms with van der Waals surface area (Å²) in [5.41, 5.74) is 3.21. The van der Waals surface area contributed by atoms with E-state index in [1.54, 1.807) is 0 Å². The molecule has 0 saturated heterocycles. The van der Waals surface area contributed by atoms with Crippen molar-refractivity contribution >= 4 is 17.4 Å². The van der Waals surface area contributed by atoms with Crippen LogP contribution in [0.4, 0.5) is 5.69 Å². The number of carbonyl (C=O) groups is 2. The van der Waals surface area contributed by atoms with Crippen LogP contribution >= 0.6 is 0 Å². The Balaban J connectivity index is 1.71. The first-order valence-corrected chi connectivity index (χ1v) is 7.97. The maximum absolute atomic E-state index is 12.5. The summed E-state index contributed by atoms with van der Waals surface area (Å²) in [7, 11) is 0. The molecule has 2 fully saturated rings. The van der Waals surface area contributed by atoms with Crippen molar-refractivity contribution < 1.29 is 9.59 Å². The lowest BCUT2D eigenvalue weighted by Gasteiger charge is -2.37. The summed E-state index contributed by atoms with van der Waals surface area (Å²) in [6.07, 6.45) is 4.58. The van der Waals surface area contributed by atoms with Gasteiger partial charge in [0.05, 0.1) is 0 Å². The van der Waals surface area contributed by atoms with E-state index in [9.17, 15) is 9.59 Å². The molecule has 2 aliphatic rings. The second-order valence-electron chi connectivity index (χ2n) is 6.63. The van der Waals surface area contributed by atoms with Crippen LogP contribution in [-0.2, 0) is 9.59 Å². The molecule has 3 nitrogen and oxygen atoms in total. The number of hydrogen-bond acceptors (Lipinski definition) is 2. The number of amides is 1. The number of nitrogens with one attached hydrogen (secondary N) is 1. The van der Waals surface area contributed by atoms with E-state index in [-0.39, 0.29) is 23.7 Å². The van der Waals surface area contributed by atoms with Crippen LogP contribution in [-0.4, -0.2) is 11.7 Å². The minimum atomic E-state index is -0.00193. The van der Waals surface area contributed by atoms with Crippen LogP contribution in [0.15, 0.2) is 18.2 Å². The van der Waals surface area contributed by atoms with Crippen molar-refractivity contribution in [2.45, 2.75) is 46.0 Å². The molecule has 3 rings (SSSR count). The maximum Gasteiger partial charge on any atom is 0.227 e. The predicted molar refractivity (Wildman–Crippen MR) is 83.1 cm³/mol. The zero-order chi connectivity index (χ0) is 15.0. The van der Waals surface area contributed by atoms with Crippen molar-refractivity contribution in [1.82, 2.24) is 0 Å². The average molecular weight is 285 g/mol. The van der Waals surface area contributed by atoms with Crippen molar-refractivity contribution in [3.63, 3.8) is 0 Å². The Morgan fingerprint density at radius 2 is 1.81 bits per heavy atom. The number of anilines is 1. The van der Waals surface area contributed by atoms with Gasteiger partial charge < -0.3 is 5.32 Å². The summed E-state index contributed by atoms with van der Waals surface area (Å²) in [5, 5.41) is 3.07. The quantitative estimate of drug-likeness (QED) is 0.901. The molecule has 3 heteroatoms. The first-order valence-electron chi connectivity index (χ1n) is 7.97. The number of ketones is 1. The highest BCUT2D eigenvalue weighted by Crippen LogP contribution is 2.40. The Kier molecular flexibility index (Phi) is 3.83. The zero-order valence-electron chi connectivity index (χ0n) is 12.8. The molecular weight excluding hydrogens is 262 g/mol. The molecule has 2 bridgehead atoms. The highest BCUT2D eigenvalue weighted by Gasteiger charge is 2.41. The van der Waals surface area contributed by atoms with Crippen LogP contribution in [0.2, 0.25) is 0 Å². The number of aryl methyl sites for hydroxylation is 1. The van der Waals surface area contributed by atoms with Gasteiger partial charge in [0.25, 0.3) is 0 Å². The minimum absolute atomic E-state index is 0.00193. The number of hydrogen-bond donors (Lipinski definition) is 1. The SMILES string of the molecule is Cc1cccc(NC(=O)C2C[C@H]3CCC[C@@H](C2)C3=O)c1C. The van der Waals surface area contributed by atoms with Gasteiger partial charge in [-0.15, -0.1) is 0 Å². The van der Waals surface area contributed by atoms with Crippen LogP contribution in [0, 0.1) is 31.6 Å². The highest BCUT2D eigenvalue weighted by atomic mass is 16.2. The standard InChI is InChI=1S/C18H23NO2/c1-11-5-3-8-16(12(11)2)19-18(21)15-9-13-6-4-7-14(10-15)17(13)20/h3,5,8,13-15H,4,6-7,9-10H2,1-2H3,(H,19,21)/t13-,14+,15?. The molecule has 1 aromatic rings. The molecule has 2 aliphatic carbocycles. The van der Waals surface area contributed by atoms with Gasteiger partial charge in [-0.05, 0) is 56.7 Å². The number of benzene rings is 1. The van der Waals surface area contributed by atoms with Crippen molar-refractivity contribution in [2.24, 2.45) is 17.8 Å². The van der Waals surface area contributed by atoms with Gasteiger partial charge in [0, 0.05) is 23.4 Å². The fourth-order valence-corrected chi connectivity index (χ4v) is 3.82. The lowest BCUT2D eigenvalue weighted by Crippen LogP contribution is -2.40. The third-order valence-corrected chi connectivity index (χ3v) is 5.28. The van der Waals surface area contributed by atoms with Crippen LogP contribution < -0.4 is 5.32 Å². The van der Waals surface area contributed by atoms with Gasteiger partial charge in [0.1, 0.15) is 5.78 Å². The molecule has 1 aromatic carbocycles. The van der Waals surface area contributed by atoms with Gasteiger partial charge >= 0.3 is 0 Å². The largest absolute Gasteiger partial charge is 0.326 e. The van der Waals surface area contributed by atoms with E-state index in [0.717, 1.165) is 43.4 Å². The number of fused-ring (bicyclic) bond motifs is 2. The summed E-state index contributed by atoms with van der Waals surface area (Å²) in [6.45, 7) is 4.08. The Bertz CT molecular complexity index is 563. The van der Waals surface area contributed by atoms with E-state index in [4.69, 9.17) is 0 Å². The third-order valence-electron chi connectivity index (χ3n) is 5.28. The van der Waals surface area contributed by atoms with E-state index in [0.29, 0.717) is 5.78 Å². The van der Waals surface area contributed by atoms with Gasteiger partial charge in [0.2, 0.25) is 5.91 Å². The van der Waals surface area contributed by atoms with E-state index >= 15 is 0 Å². The normalized spacial score (nSPS) is 28.3. The van der Waals surface area contributed by atoms with E-state index in [1.807, 2.05) is 19.1 Å². The maximum atomic E-state index is 12.5. The Hall–Kier alpha value is -1.64. The Morgan fingerprint density at radius 1 is 1.14 bits per heavy atom. The van der Waals surface area contributed by atoms with Gasteiger partial charge in [-0.2, -0.15) is 0 Å². The smallest absolute Gasteiger partial charge is 0.227 e. The lowest BCUT2D eigenvalue weighted by atomic mass is 9.67. The monoisotopic (exact) mass is 285 g/mol.